The van der Waals surface area contributed by atoms with E-state index in [2.05, 4.69) is 18.7 Å². The molecular formula is C12H17NO2. The second kappa shape index (κ2) is 3.72. The van der Waals surface area contributed by atoms with Crippen LogP contribution in [0.25, 0.3) is 0 Å². The lowest BCUT2D eigenvalue weighted by atomic mass is 9.87. The lowest BCUT2D eigenvalue weighted by Crippen LogP contribution is -2.23. The summed E-state index contributed by atoms with van der Waals surface area (Å²) in [6.07, 6.45) is 3.13. The Morgan fingerprint density at radius 2 is 2.40 bits per heavy atom. The van der Waals surface area contributed by atoms with Crippen molar-refractivity contribution in [3.8, 4) is 0 Å². The van der Waals surface area contributed by atoms with Crippen LogP contribution in [0.15, 0.2) is 16.5 Å². The Morgan fingerprint density at radius 3 is 2.93 bits per heavy atom. The number of anilines is 1. The third-order valence-electron chi connectivity index (χ3n) is 3.45. The molecule has 0 spiro atoms. The molecule has 0 saturated carbocycles. The van der Waals surface area contributed by atoms with E-state index in [1.165, 1.54) is 12.8 Å². The molecule has 0 N–H and O–H groups in total. The summed E-state index contributed by atoms with van der Waals surface area (Å²) >= 11 is 0. The summed E-state index contributed by atoms with van der Waals surface area (Å²) in [5.74, 6) is 1.24. The first kappa shape index (κ1) is 10.3. The second-order valence-corrected chi connectivity index (χ2v) is 4.63. The highest BCUT2D eigenvalue weighted by molar-refractivity contribution is 5.71. The molecule has 0 bridgehead atoms. The molecule has 0 radical (unpaired) electrons. The van der Waals surface area contributed by atoms with Crippen molar-refractivity contribution in [1.82, 2.24) is 0 Å². The molecule has 1 fully saturated rings. The van der Waals surface area contributed by atoms with Gasteiger partial charge in [0.25, 0.3) is 0 Å². The van der Waals surface area contributed by atoms with Gasteiger partial charge in [0.05, 0.1) is 0 Å². The Kier molecular flexibility index (Phi) is 2.55. The van der Waals surface area contributed by atoms with Crippen molar-refractivity contribution in [3.63, 3.8) is 0 Å². The summed E-state index contributed by atoms with van der Waals surface area (Å²) in [6.45, 7) is 6.57. The minimum Gasteiger partial charge on any atom is -0.438 e. The lowest BCUT2D eigenvalue weighted by molar-refractivity contribution is 0.110. The normalized spacial score (nSPS) is 25.9. The fourth-order valence-electron chi connectivity index (χ4n) is 2.08. The molecule has 82 valence electrons. The maximum absolute atomic E-state index is 10.5. The van der Waals surface area contributed by atoms with Gasteiger partial charge in [-0.05, 0) is 24.3 Å². The zero-order valence-corrected chi connectivity index (χ0v) is 9.32. The Hall–Kier alpha value is -1.25. The average Bonchev–Trinajstić information content (AvgIpc) is 2.84. The van der Waals surface area contributed by atoms with Gasteiger partial charge in [-0.2, -0.15) is 0 Å². The van der Waals surface area contributed by atoms with Crippen molar-refractivity contribution in [2.45, 2.75) is 26.7 Å². The Morgan fingerprint density at radius 1 is 1.60 bits per heavy atom. The van der Waals surface area contributed by atoms with Crippen molar-refractivity contribution in [2.24, 2.45) is 5.41 Å². The van der Waals surface area contributed by atoms with E-state index < -0.39 is 0 Å². The maximum Gasteiger partial charge on any atom is 0.196 e. The highest BCUT2D eigenvalue weighted by Gasteiger charge is 2.33. The molecular weight excluding hydrogens is 190 g/mol. The number of hydrogen-bond acceptors (Lipinski definition) is 3. The van der Waals surface area contributed by atoms with Gasteiger partial charge < -0.3 is 9.32 Å². The van der Waals surface area contributed by atoms with Crippen LogP contribution >= 0.6 is 0 Å². The standard InChI is InChI=1S/C12H17NO2/c1-3-12(2)6-7-13(9-12)11-5-4-10(8-14)15-11/h4-5,8H,3,6-7,9H2,1-2H3. The highest BCUT2D eigenvalue weighted by Crippen LogP contribution is 2.36. The third-order valence-corrected chi connectivity index (χ3v) is 3.45. The van der Waals surface area contributed by atoms with Gasteiger partial charge in [0.15, 0.2) is 17.9 Å². The molecule has 1 unspecified atom stereocenters. The fourth-order valence-corrected chi connectivity index (χ4v) is 2.08. The summed E-state index contributed by atoms with van der Waals surface area (Å²) in [7, 11) is 0. The van der Waals surface area contributed by atoms with Gasteiger partial charge in [-0.25, -0.2) is 0 Å². The zero-order chi connectivity index (χ0) is 10.9. The van der Waals surface area contributed by atoms with E-state index in [-0.39, 0.29) is 0 Å². The number of hydrogen-bond donors (Lipinski definition) is 0. The molecule has 0 amide bonds. The number of rotatable bonds is 3. The number of carbonyl (C=O) groups excluding carboxylic acids is 1. The van der Waals surface area contributed by atoms with Crippen LogP contribution in [0.4, 0.5) is 5.88 Å². The Balaban J connectivity index is 2.10. The van der Waals surface area contributed by atoms with Crippen LogP contribution < -0.4 is 4.90 Å². The van der Waals surface area contributed by atoms with E-state index in [4.69, 9.17) is 4.42 Å². The molecule has 1 aromatic heterocycles. The Labute approximate surface area is 90.1 Å². The fraction of sp³-hybridized carbons (Fsp3) is 0.583. The van der Waals surface area contributed by atoms with Crippen molar-refractivity contribution in [3.05, 3.63) is 17.9 Å². The molecule has 2 rings (SSSR count). The van der Waals surface area contributed by atoms with Gasteiger partial charge in [0.1, 0.15) is 0 Å². The van der Waals surface area contributed by atoms with Crippen molar-refractivity contribution < 1.29 is 9.21 Å². The van der Waals surface area contributed by atoms with Crippen molar-refractivity contribution in [2.75, 3.05) is 18.0 Å². The molecule has 0 aromatic carbocycles. The van der Waals surface area contributed by atoms with E-state index >= 15 is 0 Å². The van der Waals surface area contributed by atoms with Crippen LogP contribution in [0.1, 0.15) is 37.2 Å². The van der Waals surface area contributed by atoms with Crippen molar-refractivity contribution >= 4 is 12.2 Å². The van der Waals surface area contributed by atoms with Crippen LogP contribution in [-0.4, -0.2) is 19.4 Å². The van der Waals surface area contributed by atoms with Crippen LogP contribution in [0.3, 0.4) is 0 Å². The first-order valence-corrected chi connectivity index (χ1v) is 5.47. The van der Waals surface area contributed by atoms with Gasteiger partial charge in [0, 0.05) is 19.2 Å². The summed E-state index contributed by atoms with van der Waals surface area (Å²) in [5.41, 5.74) is 0.397. The Bertz CT molecular complexity index is 358. The molecule has 1 aliphatic rings. The molecule has 1 aliphatic heterocycles. The number of nitrogens with zero attached hydrogens (tertiary/aromatic N) is 1. The molecule has 3 heteroatoms. The maximum atomic E-state index is 10.5. The molecule has 3 nitrogen and oxygen atoms in total. The minimum atomic E-state index is 0.397. The molecule has 15 heavy (non-hydrogen) atoms. The van der Waals surface area contributed by atoms with E-state index in [1.807, 2.05) is 6.07 Å². The van der Waals surface area contributed by atoms with E-state index in [1.54, 1.807) is 6.07 Å². The third kappa shape index (κ3) is 1.91. The predicted molar refractivity (Wildman–Crippen MR) is 59.3 cm³/mol. The molecule has 2 heterocycles. The van der Waals surface area contributed by atoms with Crippen LogP contribution in [0, 0.1) is 5.41 Å². The first-order chi connectivity index (χ1) is 7.17. The zero-order valence-electron chi connectivity index (χ0n) is 9.32. The number of aldehydes is 1. The number of furan rings is 1. The molecule has 1 aromatic rings. The SMILES string of the molecule is CCC1(C)CCN(c2ccc(C=O)o2)C1. The van der Waals surface area contributed by atoms with E-state index in [0.29, 0.717) is 11.2 Å². The number of carbonyl (C=O) groups is 1. The monoisotopic (exact) mass is 207 g/mol. The summed E-state index contributed by atoms with van der Waals surface area (Å²) < 4.78 is 5.41. The van der Waals surface area contributed by atoms with Crippen LogP contribution in [-0.2, 0) is 0 Å². The van der Waals surface area contributed by atoms with Gasteiger partial charge in [-0.15, -0.1) is 0 Å². The largest absolute Gasteiger partial charge is 0.438 e. The minimum absolute atomic E-state index is 0.397. The van der Waals surface area contributed by atoms with Gasteiger partial charge in [0.2, 0.25) is 0 Å². The second-order valence-electron chi connectivity index (χ2n) is 4.63. The highest BCUT2D eigenvalue weighted by atomic mass is 16.4. The smallest absolute Gasteiger partial charge is 0.196 e. The summed E-state index contributed by atoms with van der Waals surface area (Å²) in [5, 5.41) is 0. The summed E-state index contributed by atoms with van der Waals surface area (Å²) in [6, 6.07) is 3.61. The van der Waals surface area contributed by atoms with E-state index in [9.17, 15) is 4.79 Å². The van der Waals surface area contributed by atoms with Crippen LogP contribution in [0.2, 0.25) is 0 Å². The molecule has 1 saturated heterocycles. The topological polar surface area (TPSA) is 33.5 Å². The predicted octanol–water partition coefficient (Wildman–Crippen LogP) is 2.72. The average molecular weight is 207 g/mol. The van der Waals surface area contributed by atoms with Crippen LogP contribution in [0.5, 0.6) is 0 Å². The molecule has 1 atom stereocenters. The van der Waals surface area contributed by atoms with Gasteiger partial charge >= 0.3 is 0 Å². The quantitative estimate of drug-likeness (QED) is 0.714. The van der Waals surface area contributed by atoms with Gasteiger partial charge in [-0.1, -0.05) is 13.8 Å². The van der Waals surface area contributed by atoms with Crippen molar-refractivity contribution in [1.29, 1.82) is 0 Å². The van der Waals surface area contributed by atoms with Gasteiger partial charge in [-0.3, -0.25) is 4.79 Å². The first-order valence-electron chi connectivity index (χ1n) is 5.47. The summed E-state index contributed by atoms with van der Waals surface area (Å²) in [4.78, 5) is 12.7. The lowest BCUT2D eigenvalue weighted by Gasteiger charge is -2.22. The molecule has 0 aliphatic carbocycles. The van der Waals surface area contributed by atoms with E-state index in [0.717, 1.165) is 25.3 Å².